The Hall–Kier alpha value is -3.55. The van der Waals surface area contributed by atoms with E-state index in [0.717, 1.165) is 0 Å². The number of amides is 1. The number of methoxy groups -OCH3 is 3. The lowest BCUT2D eigenvalue weighted by atomic mass is 10.1. The van der Waals surface area contributed by atoms with Crippen LogP contribution < -0.4 is 19.1 Å². The SMILES string of the molecule is COc1cccc(N2CC(C(=O)OCC(=O)c3ccc(OC)cc3OC)CC2=O)c1. The fourth-order valence-electron chi connectivity index (χ4n) is 3.25. The first-order valence-corrected chi connectivity index (χ1v) is 9.33. The minimum Gasteiger partial charge on any atom is -0.497 e. The number of carbonyl (C=O) groups excluding carboxylic acids is 3. The van der Waals surface area contributed by atoms with Gasteiger partial charge < -0.3 is 23.8 Å². The molecule has 30 heavy (non-hydrogen) atoms. The minimum atomic E-state index is -0.644. The Labute approximate surface area is 174 Å². The maximum atomic E-state index is 12.5. The summed E-state index contributed by atoms with van der Waals surface area (Å²) in [6, 6.07) is 11.8. The van der Waals surface area contributed by atoms with Gasteiger partial charge in [0.25, 0.3) is 0 Å². The standard InChI is InChI=1S/C22H23NO7/c1-27-16-6-4-5-15(10-16)23-12-14(9-21(23)25)22(26)30-13-19(24)18-8-7-17(28-2)11-20(18)29-3/h4-8,10-11,14H,9,12-13H2,1-3H3. The lowest BCUT2D eigenvalue weighted by molar-refractivity contribution is -0.147. The molecule has 3 rings (SSSR count). The molecule has 0 radical (unpaired) electrons. The number of ketones is 1. The molecule has 0 bridgehead atoms. The van der Waals surface area contributed by atoms with Gasteiger partial charge in [-0.1, -0.05) is 6.07 Å². The van der Waals surface area contributed by atoms with E-state index in [1.54, 1.807) is 49.6 Å². The molecule has 0 aliphatic carbocycles. The number of esters is 1. The number of carbonyl (C=O) groups is 3. The number of rotatable bonds is 8. The quantitative estimate of drug-likeness (QED) is 0.485. The Morgan fingerprint density at radius 3 is 2.43 bits per heavy atom. The van der Waals surface area contributed by atoms with Gasteiger partial charge in [0.2, 0.25) is 11.7 Å². The van der Waals surface area contributed by atoms with E-state index in [2.05, 4.69) is 0 Å². The van der Waals surface area contributed by atoms with Crippen molar-refractivity contribution in [3.63, 3.8) is 0 Å². The van der Waals surface area contributed by atoms with Crippen molar-refractivity contribution < 1.29 is 33.3 Å². The van der Waals surface area contributed by atoms with E-state index < -0.39 is 24.3 Å². The molecule has 8 nitrogen and oxygen atoms in total. The largest absolute Gasteiger partial charge is 0.497 e. The monoisotopic (exact) mass is 413 g/mol. The number of benzene rings is 2. The molecule has 0 saturated carbocycles. The summed E-state index contributed by atoms with van der Waals surface area (Å²) in [5.74, 6) is -0.336. The van der Waals surface area contributed by atoms with Gasteiger partial charge in [0.1, 0.15) is 17.2 Å². The van der Waals surface area contributed by atoms with Crippen molar-refractivity contribution in [2.45, 2.75) is 6.42 Å². The van der Waals surface area contributed by atoms with E-state index in [-0.39, 0.29) is 24.4 Å². The minimum absolute atomic E-state index is 0.0239. The Morgan fingerprint density at radius 1 is 1.00 bits per heavy atom. The third-order valence-electron chi connectivity index (χ3n) is 4.88. The molecule has 1 aliphatic heterocycles. The van der Waals surface area contributed by atoms with Crippen LogP contribution in [0.25, 0.3) is 0 Å². The predicted molar refractivity (Wildman–Crippen MR) is 108 cm³/mol. The molecule has 2 aromatic rings. The number of nitrogens with zero attached hydrogens (tertiary/aromatic N) is 1. The summed E-state index contributed by atoms with van der Waals surface area (Å²) in [5, 5.41) is 0. The van der Waals surface area contributed by atoms with Gasteiger partial charge in [0, 0.05) is 30.8 Å². The number of hydrogen-bond acceptors (Lipinski definition) is 7. The fraction of sp³-hybridized carbons (Fsp3) is 0.318. The molecule has 1 fully saturated rings. The van der Waals surface area contributed by atoms with Crippen LogP contribution in [0, 0.1) is 5.92 Å². The Balaban J connectivity index is 1.61. The summed E-state index contributed by atoms with van der Waals surface area (Å²) in [7, 11) is 4.49. The van der Waals surface area contributed by atoms with Gasteiger partial charge >= 0.3 is 5.97 Å². The predicted octanol–water partition coefficient (Wildman–Crippen LogP) is 2.49. The molecule has 1 atom stereocenters. The van der Waals surface area contributed by atoms with Gasteiger partial charge in [-0.3, -0.25) is 14.4 Å². The summed E-state index contributed by atoms with van der Waals surface area (Å²) in [5.41, 5.74) is 0.931. The zero-order valence-corrected chi connectivity index (χ0v) is 17.0. The summed E-state index contributed by atoms with van der Waals surface area (Å²) in [6.07, 6.45) is 0.0239. The van der Waals surface area contributed by atoms with Gasteiger partial charge in [-0.2, -0.15) is 0 Å². The smallest absolute Gasteiger partial charge is 0.311 e. The fourth-order valence-corrected chi connectivity index (χ4v) is 3.25. The van der Waals surface area contributed by atoms with Crippen molar-refractivity contribution in [2.24, 2.45) is 5.92 Å². The van der Waals surface area contributed by atoms with Crippen molar-refractivity contribution in [3.8, 4) is 17.2 Å². The van der Waals surface area contributed by atoms with Crippen LogP contribution in [0.3, 0.4) is 0 Å². The van der Waals surface area contributed by atoms with Gasteiger partial charge in [0.15, 0.2) is 6.61 Å². The summed E-state index contributed by atoms with van der Waals surface area (Å²) >= 11 is 0. The highest BCUT2D eigenvalue weighted by atomic mass is 16.5. The number of hydrogen-bond donors (Lipinski definition) is 0. The van der Waals surface area contributed by atoms with E-state index in [1.165, 1.54) is 19.1 Å². The highest BCUT2D eigenvalue weighted by molar-refractivity contribution is 6.02. The van der Waals surface area contributed by atoms with Crippen LogP contribution in [0.2, 0.25) is 0 Å². The molecule has 0 N–H and O–H groups in total. The molecular formula is C22H23NO7. The molecular weight excluding hydrogens is 390 g/mol. The normalized spacial score (nSPS) is 15.6. The van der Waals surface area contributed by atoms with Crippen molar-refractivity contribution in [3.05, 3.63) is 48.0 Å². The van der Waals surface area contributed by atoms with Crippen LogP contribution in [0.1, 0.15) is 16.8 Å². The molecule has 1 heterocycles. The van der Waals surface area contributed by atoms with Crippen LogP contribution in [-0.4, -0.2) is 52.1 Å². The molecule has 1 amide bonds. The molecule has 1 unspecified atom stereocenters. The lowest BCUT2D eigenvalue weighted by Gasteiger charge is -2.17. The van der Waals surface area contributed by atoms with Gasteiger partial charge in [-0.05, 0) is 24.3 Å². The number of ether oxygens (including phenoxy) is 4. The average Bonchev–Trinajstić information content (AvgIpc) is 3.18. The summed E-state index contributed by atoms with van der Waals surface area (Å²) < 4.78 is 20.7. The van der Waals surface area contributed by atoms with Crippen LogP contribution in [0.5, 0.6) is 17.2 Å². The maximum absolute atomic E-state index is 12.5. The van der Waals surface area contributed by atoms with E-state index >= 15 is 0 Å². The van der Waals surface area contributed by atoms with Gasteiger partial charge in [-0.15, -0.1) is 0 Å². The third-order valence-corrected chi connectivity index (χ3v) is 4.88. The molecule has 2 aromatic carbocycles. The molecule has 0 aromatic heterocycles. The van der Waals surface area contributed by atoms with Crippen LogP contribution >= 0.6 is 0 Å². The number of anilines is 1. The zero-order valence-electron chi connectivity index (χ0n) is 17.0. The number of Topliss-reactive ketones (excluding diaryl/α,β-unsaturated/α-hetero) is 1. The van der Waals surface area contributed by atoms with Crippen LogP contribution in [0.15, 0.2) is 42.5 Å². The highest BCUT2D eigenvalue weighted by Crippen LogP contribution is 2.29. The molecule has 1 aliphatic rings. The highest BCUT2D eigenvalue weighted by Gasteiger charge is 2.36. The van der Waals surface area contributed by atoms with Gasteiger partial charge in [-0.25, -0.2) is 0 Å². The second kappa shape index (κ2) is 9.30. The van der Waals surface area contributed by atoms with E-state index in [0.29, 0.717) is 22.9 Å². The second-order valence-electron chi connectivity index (χ2n) is 6.70. The Morgan fingerprint density at radius 2 is 1.73 bits per heavy atom. The summed E-state index contributed by atoms with van der Waals surface area (Å²) in [6.45, 7) is -0.254. The Kier molecular flexibility index (Phi) is 6.56. The van der Waals surface area contributed by atoms with Gasteiger partial charge in [0.05, 0.1) is 32.8 Å². The zero-order chi connectivity index (χ0) is 21.7. The van der Waals surface area contributed by atoms with E-state index in [9.17, 15) is 14.4 Å². The van der Waals surface area contributed by atoms with Crippen LogP contribution in [0.4, 0.5) is 5.69 Å². The first-order valence-electron chi connectivity index (χ1n) is 9.33. The van der Waals surface area contributed by atoms with Crippen molar-refractivity contribution in [1.29, 1.82) is 0 Å². The molecule has 8 heteroatoms. The van der Waals surface area contributed by atoms with Crippen molar-refractivity contribution in [1.82, 2.24) is 0 Å². The molecule has 1 saturated heterocycles. The van der Waals surface area contributed by atoms with Crippen molar-refractivity contribution >= 4 is 23.3 Å². The lowest BCUT2D eigenvalue weighted by Crippen LogP contribution is -2.27. The first-order chi connectivity index (χ1) is 14.5. The average molecular weight is 413 g/mol. The van der Waals surface area contributed by atoms with E-state index in [4.69, 9.17) is 18.9 Å². The van der Waals surface area contributed by atoms with E-state index in [1.807, 2.05) is 0 Å². The first kappa shape index (κ1) is 21.2. The summed E-state index contributed by atoms with van der Waals surface area (Å²) in [4.78, 5) is 38.8. The molecule has 0 spiro atoms. The third kappa shape index (κ3) is 4.53. The topological polar surface area (TPSA) is 91.4 Å². The Bertz CT molecular complexity index is 956. The van der Waals surface area contributed by atoms with Crippen LogP contribution in [-0.2, 0) is 14.3 Å². The maximum Gasteiger partial charge on any atom is 0.311 e. The van der Waals surface area contributed by atoms with Crippen molar-refractivity contribution in [2.75, 3.05) is 39.4 Å². The second-order valence-corrected chi connectivity index (χ2v) is 6.70. The molecule has 158 valence electrons.